The number of nitrogens with zero attached hydrogens (tertiary/aromatic N) is 5. The fraction of sp³-hybridized carbons (Fsp3) is 0.444. The maximum atomic E-state index is 13.6. The normalized spacial score (nSPS) is 15.9. The number of rotatable bonds is 4. The van der Waals surface area contributed by atoms with Gasteiger partial charge >= 0.3 is 0 Å². The lowest BCUT2D eigenvalue weighted by atomic mass is 9.99. The highest BCUT2D eigenvalue weighted by molar-refractivity contribution is 5.85. The summed E-state index contributed by atoms with van der Waals surface area (Å²) in [5.74, 6) is 1.48. The molecule has 0 atom stereocenters. The van der Waals surface area contributed by atoms with Crippen molar-refractivity contribution in [3.63, 3.8) is 0 Å². The Bertz CT molecular complexity index is 932. The molecule has 9 heteroatoms. The Morgan fingerprint density at radius 3 is 2.63 bits per heavy atom. The summed E-state index contributed by atoms with van der Waals surface area (Å²) in [6.45, 7) is 3.99. The molecule has 2 aromatic heterocycles. The van der Waals surface area contributed by atoms with Crippen molar-refractivity contribution in [1.29, 1.82) is 0 Å². The zero-order valence-corrected chi connectivity index (χ0v) is 16.0. The van der Waals surface area contributed by atoms with Gasteiger partial charge in [-0.05, 0) is 31.0 Å². The van der Waals surface area contributed by atoms with Crippen molar-refractivity contribution in [2.75, 3.05) is 0 Å². The van der Waals surface area contributed by atoms with Crippen molar-refractivity contribution in [3.8, 4) is 17.4 Å². The van der Waals surface area contributed by atoms with Gasteiger partial charge in [-0.2, -0.15) is 4.98 Å². The molecule has 0 spiro atoms. The van der Waals surface area contributed by atoms with Gasteiger partial charge in [-0.1, -0.05) is 37.9 Å². The van der Waals surface area contributed by atoms with Gasteiger partial charge in [0.2, 0.25) is 5.82 Å². The molecule has 0 saturated heterocycles. The minimum atomic E-state index is -0.534. The summed E-state index contributed by atoms with van der Waals surface area (Å²) in [6, 6.07) is 6.22. The van der Waals surface area contributed by atoms with E-state index in [1.54, 1.807) is 16.8 Å². The van der Waals surface area contributed by atoms with Crippen molar-refractivity contribution < 1.29 is 8.91 Å². The van der Waals surface area contributed by atoms with Gasteiger partial charge in [-0.15, -0.1) is 17.5 Å². The second-order valence-electron chi connectivity index (χ2n) is 7.13. The summed E-state index contributed by atoms with van der Waals surface area (Å²) in [4.78, 5) is 8.99. The number of halogens is 2. The molecule has 2 heterocycles. The summed E-state index contributed by atoms with van der Waals surface area (Å²) >= 11 is 0. The number of nitrogens with two attached hydrogens (primary N) is 1. The first-order valence-electron chi connectivity index (χ1n) is 8.83. The molecule has 0 amide bonds. The van der Waals surface area contributed by atoms with Crippen LogP contribution in [0, 0.1) is 5.82 Å². The molecule has 0 radical (unpaired) electrons. The van der Waals surface area contributed by atoms with Gasteiger partial charge in [-0.3, -0.25) is 0 Å². The van der Waals surface area contributed by atoms with E-state index in [9.17, 15) is 4.39 Å². The van der Waals surface area contributed by atoms with E-state index in [0.29, 0.717) is 23.2 Å². The average molecular weight is 393 g/mol. The van der Waals surface area contributed by atoms with Crippen LogP contribution in [0.25, 0.3) is 17.4 Å². The molecule has 3 aromatic rings. The lowest BCUT2D eigenvalue weighted by Crippen LogP contribution is -2.34. The quantitative estimate of drug-likeness (QED) is 0.726. The lowest BCUT2D eigenvalue weighted by Gasteiger charge is -2.17. The van der Waals surface area contributed by atoms with Crippen LogP contribution in [0.1, 0.15) is 57.1 Å². The second-order valence-corrected chi connectivity index (χ2v) is 7.13. The summed E-state index contributed by atoms with van der Waals surface area (Å²) < 4.78 is 20.6. The monoisotopic (exact) mass is 392 g/mol. The van der Waals surface area contributed by atoms with E-state index >= 15 is 0 Å². The molecular formula is C18H22ClFN6O. The highest BCUT2D eigenvalue weighted by Crippen LogP contribution is 2.35. The highest BCUT2D eigenvalue weighted by Gasteiger charge is 2.36. The molecule has 1 fully saturated rings. The molecule has 1 aliphatic carbocycles. The second kappa shape index (κ2) is 7.36. The van der Waals surface area contributed by atoms with Gasteiger partial charge < -0.3 is 10.3 Å². The third-order valence-corrected chi connectivity index (χ3v) is 4.76. The Balaban J connectivity index is 0.00000210. The Labute approximate surface area is 162 Å². The van der Waals surface area contributed by atoms with Crippen LogP contribution in [0.2, 0.25) is 0 Å². The van der Waals surface area contributed by atoms with Crippen LogP contribution in [0.3, 0.4) is 0 Å². The van der Waals surface area contributed by atoms with Gasteiger partial charge in [0.25, 0.3) is 5.89 Å². The number of benzene rings is 1. The van der Waals surface area contributed by atoms with Crippen LogP contribution >= 0.6 is 12.4 Å². The van der Waals surface area contributed by atoms with Crippen LogP contribution in [0.15, 0.2) is 28.8 Å². The van der Waals surface area contributed by atoms with E-state index in [1.807, 2.05) is 13.8 Å². The van der Waals surface area contributed by atoms with Gasteiger partial charge in [0.1, 0.15) is 11.6 Å². The van der Waals surface area contributed by atoms with Gasteiger partial charge in [0.05, 0.1) is 11.2 Å². The van der Waals surface area contributed by atoms with Crippen molar-refractivity contribution in [2.45, 2.75) is 51.0 Å². The Hall–Kier alpha value is -2.32. The predicted octanol–water partition coefficient (Wildman–Crippen LogP) is 3.73. The maximum absolute atomic E-state index is 13.6. The van der Waals surface area contributed by atoms with E-state index < -0.39 is 5.54 Å². The molecule has 1 aliphatic rings. The van der Waals surface area contributed by atoms with Gasteiger partial charge in [0.15, 0.2) is 5.82 Å². The Kier molecular flexibility index (Phi) is 5.30. The van der Waals surface area contributed by atoms with Crippen LogP contribution in [-0.2, 0) is 5.54 Å². The predicted molar refractivity (Wildman–Crippen MR) is 100 cm³/mol. The topological polar surface area (TPSA) is 95.7 Å². The molecule has 1 aromatic carbocycles. The van der Waals surface area contributed by atoms with Crippen molar-refractivity contribution in [1.82, 2.24) is 24.9 Å². The van der Waals surface area contributed by atoms with Crippen molar-refractivity contribution >= 4 is 12.4 Å². The maximum Gasteiger partial charge on any atom is 0.297 e. The zero-order chi connectivity index (χ0) is 18.3. The standard InChI is InChI=1S/C18H21FN6O.ClH/c1-11(2)15-21-14(23-25(15)13-7-5-6-12(19)10-13)16-22-17(24-26-16)18(20)8-3-4-9-18;/h5-7,10-11H,3-4,8-9,20H2,1-2H3;1H. The smallest absolute Gasteiger partial charge is 0.297 e. The fourth-order valence-electron chi connectivity index (χ4n) is 3.33. The summed E-state index contributed by atoms with van der Waals surface area (Å²) in [5.41, 5.74) is 6.45. The van der Waals surface area contributed by atoms with Crippen LogP contribution < -0.4 is 5.73 Å². The highest BCUT2D eigenvalue weighted by atomic mass is 35.5. The summed E-state index contributed by atoms with van der Waals surface area (Å²) in [6.07, 6.45) is 3.80. The molecule has 144 valence electrons. The molecule has 0 unspecified atom stereocenters. The van der Waals surface area contributed by atoms with Crippen LogP contribution in [0.4, 0.5) is 4.39 Å². The third kappa shape index (κ3) is 3.59. The first kappa shape index (κ1) is 19.4. The van der Waals surface area contributed by atoms with Gasteiger partial charge in [0, 0.05) is 5.92 Å². The largest absolute Gasteiger partial charge is 0.330 e. The number of hydrogen-bond acceptors (Lipinski definition) is 6. The first-order chi connectivity index (χ1) is 12.5. The molecule has 4 rings (SSSR count). The molecule has 7 nitrogen and oxygen atoms in total. The Morgan fingerprint density at radius 2 is 1.96 bits per heavy atom. The number of hydrogen-bond donors (Lipinski definition) is 1. The van der Waals surface area contributed by atoms with E-state index in [1.165, 1.54) is 12.1 Å². The minimum Gasteiger partial charge on any atom is -0.330 e. The van der Waals surface area contributed by atoms with Crippen LogP contribution in [-0.4, -0.2) is 24.9 Å². The molecule has 27 heavy (non-hydrogen) atoms. The Morgan fingerprint density at radius 1 is 1.22 bits per heavy atom. The molecule has 0 aliphatic heterocycles. The third-order valence-electron chi connectivity index (χ3n) is 4.76. The molecule has 2 N–H and O–H groups in total. The summed E-state index contributed by atoms with van der Waals surface area (Å²) in [7, 11) is 0. The molecule has 1 saturated carbocycles. The van der Waals surface area contributed by atoms with E-state index in [-0.39, 0.29) is 30.0 Å². The first-order valence-corrected chi connectivity index (χ1v) is 8.83. The zero-order valence-electron chi connectivity index (χ0n) is 15.2. The van der Waals surface area contributed by atoms with Crippen molar-refractivity contribution in [3.05, 3.63) is 41.7 Å². The lowest BCUT2D eigenvalue weighted by molar-refractivity contribution is 0.372. The van der Waals surface area contributed by atoms with Crippen LogP contribution in [0.5, 0.6) is 0 Å². The summed E-state index contributed by atoms with van der Waals surface area (Å²) in [5, 5.41) is 8.53. The van der Waals surface area contributed by atoms with E-state index in [2.05, 4.69) is 20.2 Å². The molecular weight excluding hydrogens is 371 g/mol. The van der Waals surface area contributed by atoms with E-state index in [0.717, 1.165) is 25.7 Å². The average Bonchev–Trinajstić information content (AvgIpc) is 3.33. The number of aromatic nitrogens is 5. The van der Waals surface area contributed by atoms with Crippen molar-refractivity contribution in [2.24, 2.45) is 5.73 Å². The SMILES string of the molecule is CC(C)c1nc(-c2nc(C3(N)CCCC3)no2)nn1-c1cccc(F)c1.Cl. The van der Waals surface area contributed by atoms with E-state index in [4.69, 9.17) is 10.3 Å². The minimum absolute atomic E-state index is 0. The fourth-order valence-corrected chi connectivity index (χ4v) is 3.33. The van der Waals surface area contributed by atoms with Gasteiger partial charge in [-0.25, -0.2) is 14.1 Å². The molecule has 0 bridgehead atoms.